The highest BCUT2D eigenvalue weighted by atomic mass is 16.5. The second-order valence-electron chi connectivity index (χ2n) is 7.93. The molecule has 0 aliphatic carbocycles. The Labute approximate surface area is 179 Å². The van der Waals surface area contributed by atoms with Crippen molar-refractivity contribution in [2.75, 3.05) is 7.11 Å². The quantitative estimate of drug-likeness (QED) is 0.608. The molecule has 8 nitrogen and oxygen atoms in total. The number of nitrogens with one attached hydrogen (secondary N) is 1. The van der Waals surface area contributed by atoms with Gasteiger partial charge in [-0.25, -0.2) is 0 Å². The Morgan fingerprint density at radius 1 is 1.16 bits per heavy atom. The number of hydrogen-bond acceptors (Lipinski definition) is 6. The lowest BCUT2D eigenvalue weighted by atomic mass is 9.78. The van der Waals surface area contributed by atoms with E-state index in [4.69, 9.17) is 4.74 Å². The Bertz CT molecular complexity index is 1040. The number of fused-ring (bicyclic) bond motifs is 1. The number of aliphatic carboxylic acids is 1. The van der Waals surface area contributed by atoms with Gasteiger partial charge in [0.2, 0.25) is 11.8 Å². The maximum Gasteiger partial charge on any atom is 0.324 e. The first-order valence-electron chi connectivity index (χ1n) is 10.1. The molecule has 2 fully saturated rings. The maximum atomic E-state index is 13.4. The fourth-order valence-corrected chi connectivity index (χ4v) is 4.83. The van der Waals surface area contributed by atoms with E-state index in [0.717, 1.165) is 10.5 Å². The van der Waals surface area contributed by atoms with Gasteiger partial charge in [0.25, 0.3) is 0 Å². The Hall–Kier alpha value is -3.39. The van der Waals surface area contributed by atoms with E-state index >= 15 is 0 Å². The van der Waals surface area contributed by atoms with Gasteiger partial charge in [-0.3, -0.25) is 24.6 Å². The van der Waals surface area contributed by atoms with Crippen LogP contribution >= 0.6 is 0 Å². The number of likely N-dealkylation sites (tertiary alicyclic amines) is 1. The number of ether oxygens (including phenoxy) is 1. The topological polar surface area (TPSA) is 116 Å². The van der Waals surface area contributed by atoms with Crippen molar-refractivity contribution in [3.05, 3.63) is 59.7 Å². The second kappa shape index (κ2) is 7.70. The molecule has 2 saturated heterocycles. The summed E-state index contributed by atoms with van der Waals surface area (Å²) >= 11 is 0. The average molecular weight is 424 g/mol. The highest BCUT2D eigenvalue weighted by molar-refractivity contribution is 6.09. The lowest BCUT2D eigenvalue weighted by Crippen LogP contribution is -2.55. The molecule has 0 unspecified atom stereocenters. The first-order valence-corrected chi connectivity index (χ1v) is 10.1. The number of rotatable bonds is 6. The fourth-order valence-electron chi connectivity index (χ4n) is 4.83. The van der Waals surface area contributed by atoms with Gasteiger partial charge >= 0.3 is 5.97 Å². The fraction of sp³-hybridized carbons (Fsp3) is 0.348. The number of aromatic hydroxyl groups is 1. The normalized spacial score (nSPS) is 27.4. The number of phenols is 1. The number of nitrogens with zero attached hydrogens (tertiary/aromatic N) is 1. The van der Waals surface area contributed by atoms with Gasteiger partial charge in [0.05, 0.1) is 25.5 Å². The van der Waals surface area contributed by atoms with Crippen LogP contribution in [0.1, 0.15) is 30.5 Å². The number of phenolic OH excluding ortho intramolecular Hbond substituents is 1. The summed E-state index contributed by atoms with van der Waals surface area (Å²) in [4.78, 5) is 40.3. The van der Waals surface area contributed by atoms with Gasteiger partial charge in [-0.05, 0) is 30.2 Å². The summed E-state index contributed by atoms with van der Waals surface area (Å²) in [5, 5.41) is 23.6. The highest BCUT2D eigenvalue weighted by Crippen LogP contribution is 2.52. The first kappa shape index (κ1) is 20.9. The summed E-state index contributed by atoms with van der Waals surface area (Å²) in [5.41, 5.74) is -0.521. The third-order valence-electron chi connectivity index (χ3n) is 6.44. The van der Waals surface area contributed by atoms with E-state index in [1.807, 2.05) is 30.3 Å². The van der Waals surface area contributed by atoms with Crippen LogP contribution in [0.3, 0.4) is 0 Å². The minimum atomic E-state index is -1.62. The Morgan fingerprint density at radius 2 is 1.87 bits per heavy atom. The Balaban J connectivity index is 1.81. The molecule has 2 aromatic rings. The molecule has 0 saturated carbocycles. The van der Waals surface area contributed by atoms with Gasteiger partial charge in [-0.15, -0.1) is 0 Å². The van der Waals surface area contributed by atoms with Crippen LogP contribution < -0.4 is 10.1 Å². The van der Waals surface area contributed by atoms with Crippen LogP contribution in [0.25, 0.3) is 0 Å². The second-order valence-corrected chi connectivity index (χ2v) is 7.93. The molecule has 2 amide bonds. The van der Waals surface area contributed by atoms with Crippen molar-refractivity contribution >= 4 is 17.8 Å². The van der Waals surface area contributed by atoms with Crippen LogP contribution in [0.2, 0.25) is 0 Å². The van der Waals surface area contributed by atoms with E-state index in [2.05, 4.69) is 5.32 Å². The van der Waals surface area contributed by atoms with Gasteiger partial charge < -0.3 is 14.9 Å². The van der Waals surface area contributed by atoms with Gasteiger partial charge in [0, 0.05) is 11.6 Å². The number of hydrogen-bond donors (Lipinski definition) is 3. The zero-order valence-corrected chi connectivity index (χ0v) is 17.2. The van der Waals surface area contributed by atoms with Crippen molar-refractivity contribution in [1.82, 2.24) is 10.2 Å². The van der Waals surface area contributed by atoms with Crippen molar-refractivity contribution in [3.8, 4) is 11.5 Å². The number of benzene rings is 2. The Kier molecular flexibility index (Phi) is 5.18. The first-order chi connectivity index (χ1) is 14.8. The molecule has 31 heavy (non-hydrogen) atoms. The summed E-state index contributed by atoms with van der Waals surface area (Å²) < 4.78 is 5.24. The van der Waals surface area contributed by atoms with Crippen molar-refractivity contribution in [2.24, 2.45) is 11.8 Å². The molecule has 0 radical (unpaired) electrons. The van der Waals surface area contributed by atoms with Crippen molar-refractivity contribution in [3.63, 3.8) is 0 Å². The number of carboxylic acid groups (broad SMARTS) is 1. The number of amides is 2. The zero-order valence-electron chi connectivity index (χ0n) is 17.2. The molecule has 0 bridgehead atoms. The lowest BCUT2D eigenvalue weighted by Gasteiger charge is -2.30. The summed E-state index contributed by atoms with van der Waals surface area (Å²) in [7, 11) is 1.47. The maximum absolute atomic E-state index is 13.4. The number of carbonyl (C=O) groups is 3. The molecule has 2 aliphatic heterocycles. The van der Waals surface area contributed by atoms with E-state index < -0.39 is 41.2 Å². The average Bonchev–Trinajstić information content (AvgIpc) is 3.25. The number of carbonyl (C=O) groups excluding carboxylic acids is 2. The largest absolute Gasteiger partial charge is 0.508 e. The molecule has 162 valence electrons. The SMILES string of the molecule is CC[C@]1(C(=O)O)N[C@H](c2cc(OC)ccc2O)[C@H]2C(=O)N(Cc3ccccc3)C(=O)[C@@H]21. The van der Waals surface area contributed by atoms with Crippen LogP contribution in [-0.2, 0) is 20.9 Å². The molecular weight excluding hydrogens is 400 g/mol. The van der Waals surface area contributed by atoms with E-state index in [1.165, 1.54) is 13.2 Å². The van der Waals surface area contributed by atoms with E-state index in [0.29, 0.717) is 11.3 Å². The van der Waals surface area contributed by atoms with Crippen LogP contribution in [0, 0.1) is 11.8 Å². The van der Waals surface area contributed by atoms with Crippen LogP contribution in [0.15, 0.2) is 48.5 Å². The van der Waals surface area contributed by atoms with Gasteiger partial charge in [0.1, 0.15) is 17.0 Å². The minimum Gasteiger partial charge on any atom is -0.508 e. The van der Waals surface area contributed by atoms with Crippen LogP contribution in [0.5, 0.6) is 11.5 Å². The third kappa shape index (κ3) is 3.14. The minimum absolute atomic E-state index is 0.0712. The number of methoxy groups -OCH3 is 1. The summed E-state index contributed by atoms with van der Waals surface area (Å²) in [6.07, 6.45) is 0.100. The summed E-state index contributed by atoms with van der Waals surface area (Å²) in [6, 6.07) is 12.8. The molecule has 4 rings (SSSR count). The highest BCUT2D eigenvalue weighted by Gasteiger charge is 2.68. The molecular formula is C23H24N2O6. The lowest BCUT2D eigenvalue weighted by molar-refractivity contribution is -0.151. The molecule has 2 aromatic carbocycles. The molecule has 2 aliphatic rings. The van der Waals surface area contributed by atoms with Crippen LogP contribution in [0.4, 0.5) is 0 Å². The zero-order chi connectivity index (χ0) is 22.3. The van der Waals surface area contributed by atoms with Gasteiger partial charge in [-0.2, -0.15) is 0 Å². The van der Waals surface area contributed by atoms with E-state index in [9.17, 15) is 24.6 Å². The smallest absolute Gasteiger partial charge is 0.324 e. The molecule has 0 spiro atoms. The van der Waals surface area contributed by atoms with Crippen molar-refractivity contribution in [2.45, 2.75) is 31.5 Å². The molecule has 3 N–H and O–H groups in total. The third-order valence-corrected chi connectivity index (χ3v) is 6.44. The molecule has 2 heterocycles. The van der Waals surface area contributed by atoms with Crippen molar-refractivity contribution in [1.29, 1.82) is 0 Å². The molecule has 4 atom stereocenters. The molecule has 8 heteroatoms. The monoisotopic (exact) mass is 424 g/mol. The molecule has 0 aromatic heterocycles. The standard InChI is InChI=1S/C23H24N2O6/c1-3-23(22(29)30)18-17(19(24-23)15-11-14(31-2)9-10-16(15)26)20(27)25(21(18)28)12-13-7-5-4-6-8-13/h4-11,17-19,24,26H,3,12H2,1-2H3,(H,29,30)/t17-,18+,19+,23-/m0/s1. The Morgan fingerprint density at radius 3 is 2.48 bits per heavy atom. The summed E-state index contributed by atoms with van der Waals surface area (Å²) in [5.74, 6) is -3.84. The van der Waals surface area contributed by atoms with E-state index in [-0.39, 0.29) is 18.7 Å². The van der Waals surface area contributed by atoms with Gasteiger partial charge in [-0.1, -0.05) is 37.3 Å². The summed E-state index contributed by atoms with van der Waals surface area (Å²) in [6.45, 7) is 1.74. The number of imide groups is 1. The van der Waals surface area contributed by atoms with Gasteiger partial charge in [0.15, 0.2) is 0 Å². The predicted molar refractivity (Wildman–Crippen MR) is 110 cm³/mol. The van der Waals surface area contributed by atoms with Crippen LogP contribution in [-0.4, -0.2) is 45.5 Å². The predicted octanol–water partition coefficient (Wildman–Crippen LogP) is 2.08. The van der Waals surface area contributed by atoms with Crippen molar-refractivity contribution < 1.29 is 29.3 Å². The van der Waals surface area contributed by atoms with E-state index in [1.54, 1.807) is 19.1 Å². The number of carboxylic acids is 1.